The van der Waals surface area contributed by atoms with Crippen LogP contribution in [0.1, 0.15) is 21.5 Å². The van der Waals surface area contributed by atoms with E-state index in [0.717, 1.165) is 5.56 Å². The van der Waals surface area contributed by atoms with Crippen molar-refractivity contribution in [2.75, 3.05) is 12.4 Å². The third-order valence-electron chi connectivity index (χ3n) is 3.33. The van der Waals surface area contributed by atoms with Crippen LogP contribution in [0.2, 0.25) is 0 Å². The maximum Gasteiger partial charge on any atom is 0.228 e. The van der Waals surface area contributed by atoms with Crippen LogP contribution < -0.4 is 10.1 Å². The zero-order valence-corrected chi connectivity index (χ0v) is 11.0. The summed E-state index contributed by atoms with van der Waals surface area (Å²) in [5, 5.41) is 2.75. The van der Waals surface area contributed by atoms with Gasteiger partial charge in [0.1, 0.15) is 5.75 Å². The molecule has 1 aliphatic heterocycles. The molecule has 0 aromatic heterocycles. The molecule has 4 heteroatoms. The van der Waals surface area contributed by atoms with Gasteiger partial charge in [0.25, 0.3) is 0 Å². The van der Waals surface area contributed by atoms with Crippen molar-refractivity contribution >= 4 is 17.4 Å². The summed E-state index contributed by atoms with van der Waals surface area (Å²) in [4.78, 5) is 24.1. The number of anilines is 1. The van der Waals surface area contributed by atoms with Crippen LogP contribution in [-0.2, 0) is 11.2 Å². The van der Waals surface area contributed by atoms with Crippen molar-refractivity contribution in [2.45, 2.75) is 6.42 Å². The van der Waals surface area contributed by atoms with Gasteiger partial charge in [-0.05, 0) is 17.7 Å². The van der Waals surface area contributed by atoms with Crippen molar-refractivity contribution in [3.63, 3.8) is 0 Å². The Morgan fingerprint density at radius 2 is 1.95 bits per heavy atom. The van der Waals surface area contributed by atoms with E-state index in [-0.39, 0.29) is 18.1 Å². The van der Waals surface area contributed by atoms with Crippen LogP contribution >= 0.6 is 0 Å². The molecule has 20 heavy (non-hydrogen) atoms. The van der Waals surface area contributed by atoms with Gasteiger partial charge in [0, 0.05) is 5.56 Å². The highest BCUT2D eigenvalue weighted by Crippen LogP contribution is 2.33. The Balaban J connectivity index is 2.12. The quantitative estimate of drug-likeness (QED) is 0.869. The topological polar surface area (TPSA) is 55.4 Å². The van der Waals surface area contributed by atoms with Gasteiger partial charge in [-0.1, -0.05) is 30.3 Å². The average molecular weight is 267 g/mol. The van der Waals surface area contributed by atoms with Gasteiger partial charge in [-0.2, -0.15) is 0 Å². The number of carbonyl (C=O) groups excluding carboxylic acids is 2. The SMILES string of the molecule is COc1cc2c(c(C(=O)c3ccccc3)c1)NC(=O)C2. The molecule has 0 saturated carbocycles. The number of nitrogens with one attached hydrogen (secondary N) is 1. The molecule has 4 nitrogen and oxygen atoms in total. The van der Waals surface area contributed by atoms with Crippen LogP contribution in [0.3, 0.4) is 0 Å². The summed E-state index contributed by atoms with van der Waals surface area (Å²) in [5.74, 6) is 0.359. The van der Waals surface area contributed by atoms with Crippen molar-refractivity contribution in [2.24, 2.45) is 0 Å². The summed E-state index contributed by atoms with van der Waals surface area (Å²) in [6, 6.07) is 12.4. The Hall–Kier alpha value is -2.62. The number of ether oxygens (including phenoxy) is 1. The van der Waals surface area contributed by atoms with Gasteiger partial charge >= 0.3 is 0 Å². The van der Waals surface area contributed by atoms with E-state index in [2.05, 4.69) is 5.32 Å². The molecule has 2 aromatic carbocycles. The Morgan fingerprint density at radius 3 is 2.65 bits per heavy atom. The lowest BCUT2D eigenvalue weighted by Gasteiger charge is -2.10. The Bertz CT molecular complexity index is 692. The first kappa shape index (κ1) is 12.4. The van der Waals surface area contributed by atoms with Crippen LogP contribution in [0.25, 0.3) is 0 Å². The second kappa shape index (κ2) is 4.81. The zero-order chi connectivity index (χ0) is 14.1. The molecule has 2 aromatic rings. The molecule has 100 valence electrons. The van der Waals surface area contributed by atoms with E-state index < -0.39 is 0 Å². The van der Waals surface area contributed by atoms with E-state index in [1.165, 1.54) is 0 Å². The van der Waals surface area contributed by atoms with Gasteiger partial charge in [-0.25, -0.2) is 0 Å². The van der Waals surface area contributed by atoms with Gasteiger partial charge in [0.2, 0.25) is 5.91 Å². The molecule has 0 radical (unpaired) electrons. The van der Waals surface area contributed by atoms with E-state index in [0.29, 0.717) is 22.6 Å². The highest BCUT2D eigenvalue weighted by atomic mass is 16.5. The van der Waals surface area contributed by atoms with Gasteiger partial charge in [0.15, 0.2) is 5.78 Å². The lowest BCUT2D eigenvalue weighted by molar-refractivity contribution is -0.115. The second-order valence-electron chi connectivity index (χ2n) is 4.63. The smallest absolute Gasteiger partial charge is 0.228 e. The second-order valence-corrected chi connectivity index (χ2v) is 4.63. The van der Waals surface area contributed by atoms with E-state index in [1.54, 1.807) is 31.4 Å². The fourth-order valence-corrected chi connectivity index (χ4v) is 2.36. The monoisotopic (exact) mass is 267 g/mol. The summed E-state index contributed by atoms with van der Waals surface area (Å²) in [6.45, 7) is 0. The van der Waals surface area contributed by atoms with E-state index in [4.69, 9.17) is 4.74 Å². The number of hydrogen-bond donors (Lipinski definition) is 1. The standard InChI is InChI=1S/C16H13NO3/c1-20-12-7-11-8-14(18)17-15(11)13(9-12)16(19)10-5-3-2-4-6-10/h2-7,9H,8H2,1H3,(H,17,18). The number of methoxy groups -OCH3 is 1. The van der Waals surface area contributed by atoms with Gasteiger partial charge < -0.3 is 10.1 Å². The summed E-state index contributed by atoms with van der Waals surface area (Å²) in [6.07, 6.45) is 0.279. The summed E-state index contributed by atoms with van der Waals surface area (Å²) >= 11 is 0. The minimum absolute atomic E-state index is 0.102. The first-order valence-electron chi connectivity index (χ1n) is 6.29. The van der Waals surface area contributed by atoms with Gasteiger partial charge in [0.05, 0.1) is 24.8 Å². The minimum Gasteiger partial charge on any atom is -0.497 e. The average Bonchev–Trinajstić information content (AvgIpc) is 2.86. The molecule has 0 bridgehead atoms. The Kier molecular flexibility index (Phi) is 2.99. The normalized spacial score (nSPS) is 12.8. The maximum atomic E-state index is 12.6. The number of ketones is 1. The highest BCUT2D eigenvalue weighted by Gasteiger charge is 2.25. The maximum absolute atomic E-state index is 12.6. The van der Waals surface area contributed by atoms with Crippen molar-refractivity contribution in [1.82, 2.24) is 0 Å². The number of fused-ring (bicyclic) bond motifs is 1. The molecular formula is C16H13NO3. The first-order chi connectivity index (χ1) is 9.69. The fourth-order valence-electron chi connectivity index (χ4n) is 2.36. The zero-order valence-electron chi connectivity index (χ0n) is 11.0. The molecule has 0 fully saturated rings. The molecule has 1 heterocycles. The van der Waals surface area contributed by atoms with Crippen molar-refractivity contribution in [1.29, 1.82) is 0 Å². The number of amides is 1. The summed E-state index contributed by atoms with van der Waals surface area (Å²) in [5.41, 5.74) is 2.46. The molecule has 0 saturated heterocycles. The van der Waals surface area contributed by atoms with Crippen molar-refractivity contribution in [3.8, 4) is 5.75 Å². The predicted molar refractivity (Wildman–Crippen MR) is 75.2 cm³/mol. The third-order valence-corrected chi connectivity index (χ3v) is 3.33. The molecule has 1 aliphatic rings. The van der Waals surface area contributed by atoms with Gasteiger partial charge in [-0.15, -0.1) is 0 Å². The molecule has 3 rings (SSSR count). The summed E-state index contributed by atoms with van der Waals surface area (Å²) < 4.78 is 5.21. The molecule has 1 amide bonds. The lowest BCUT2D eigenvalue weighted by atomic mass is 9.99. The number of carbonyl (C=O) groups is 2. The van der Waals surface area contributed by atoms with Gasteiger partial charge in [-0.3, -0.25) is 9.59 Å². The summed E-state index contributed by atoms with van der Waals surface area (Å²) in [7, 11) is 1.54. The van der Waals surface area contributed by atoms with E-state index in [9.17, 15) is 9.59 Å². The predicted octanol–water partition coefficient (Wildman–Crippen LogP) is 2.42. The van der Waals surface area contributed by atoms with Crippen LogP contribution in [0.5, 0.6) is 5.75 Å². The fraction of sp³-hybridized carbons (Fsp3) is 0.125. The van der Waals surface area contributed by atoms with Crippen molar-refractivity contribution in [3.05, 3.63) is 59.2 Å². The largest absolute Gasteiger partial charge is 0.497 e. The minimum atomic E-state index is -0.122. The van der Waals surface area contributed by atoms with Crippen LogP contribution in [0.15, 0.2) is 42.5 Å². The molecule has 1 N–H and O–H groups in total. The van der Waals surface area contributed by atoms with Crippen LogP contribution in [-0.4, -0.2) is 18.8 Å². The third kappa shape index (κ3) is 2.05. The molecular weight excluding hydrogens is 254 g/mol. The molecule has 0 aliphatic carbocycles. The highest BCUT2D eigenvalue weighted by molar-refractivity contribution is 6.16. The number of rotatable bonds is 3. The molecule has 0 atom stereocenters. The number of benzene rings is 2. The number of hydrogen-bond acceptors (Lipinski definition) is 3. The van der Waals surface area contributed by atoms with Crippen LogP contribution in [0.4, 0.5) is 5.69 Å². The van der Waals surface area contributed by atoms with E-state index >= 15 is 0 Å². The Labute approximate surface area is 116 Å². The molecule has 0 unspecified atom stereocenters. The Morgan fingerprint density at radius 1 is 1.20 bits per heavy atom. The van der Waals surface area contributed by atoms with E-state index in [1.807, 2.05) is 18.2 Å². The lowest BCUT2D eigenvalue weighted by Crippen LogP contribution is -2.08. The first-order valence-corrected chi connectivity index (χ1v) is 6.29. The van der Waals surface area contributed by atoms with Crippen molar-refractivity contribution < 1.29 is 14.3 Å². The molecule has 0 spiro atoms. The van der Waals surface area contributed by atoms with Crippen LogP contribution in [0, 0.1) is 0 Å².